The van der Waals surface area contributed by atoms with Crippen LogP contribution in [0.25, 0.3) is 11.0 Å². The van der Waals surface area contributed by atoms with Crippen molar-refractivity contribution < 1.29 is 31.9 Å². The van der Waals surface area contributed by atoms with Gasteiger partial charge < -0.3 is 15.0 Å². The Morgan fingerprint density at radius 1 is 1.15 bits per heavy atom. The minimum atomic E-state index is -4.84. The van der Waals surface area contributed by atoms with E-state index in [4.69, 9.17) is 0 Å². The van der Waals surface area contributed by atoms with Crippen molar-refractivity contribution in [1.29, 1.82) is 0 Å². The fraction of sp³-hybridized carbons (Fsp3) is 0.364. The second kappa shape index (κ2) is 8.58. The van der Waals surface area contributed by atoms with Crippen LogP contribution < -0.4 is 10.1 Å². The Kier molecular flexibility index (Phi) is 5.92. The molecule has 4 rings (SSSR count). The zero-order chi connectivity index (χ0) is 24.7. The van der Waals surface area contributed by atoms with Crippen LogP contribution in [0.1, 0.15) is 25.8 Å². The van der Waals surface area contributed by atoms with Crippen LogP contribution in [0.2, 0.25) is 0 Å². The van der Waals surface area contributed by atoms with Gasteiger partial charge in [0.1, 0.15) is 29.3 Å². The van der Waals surface area contributed by atoms with E-state index in [0.29, 0.717) is 16.6 Å². The number of benzene rings is 1. The van der Waals surface area contributed by atoms with Gasteiger partial charge in [0.2, 0.25) is 11.8 Å². The first kappa shape index (κ1) is 23.5. The smallest absolute Gasteiger partial charge is 0.406 e. The number of carbonyl (C=O) groups excluding carboxylic acids is 2. The molecule has 1 aromatic carbocycles. The molecule has 2 amide bonds. The Morgan fingerprint density at radius 2 is 1.85 bits per heavy atom. The molecule has 3 heterocycles. The molecular formula is C22H21F4N5O3. The second-order valence-electron chi connectivity index (χ2n) is 8.49. The van der Waals surface area contributed by atoms with E-state index in [0.717, 1.165) is 17.0 Å². The van der Waals surface area contributed by atoms with Crippen molar-refractivity contribution in [2.45, 2.75) is 44.3 Å². The molecule has 12 heteroatoms. The summed E-state index contributed by atoms with van der Waals surface area (Å²) in [6.45, 7) is 2.84. The lowest BCUT2D eigenvalue weighted by atomic mass is 9.83. The maximum Gasteiger partial charge on any atom is 0.573 e. The molecule has 8 nitrogen and oxygen atoms in total. The van der Waals surface area contributed by atoms with Gasteiger partial charge in [0.15, 0.2) is 0 Å². The maximum absolute atomic E-state index is 14.3. The molecule has 1 aliphatic heterocycles. The molecule has 1 aliphatic rings. The predicted molar refractivity (Wildman–Crippen MR) is 114 cm³/mol. The molecule has 0 spiro atoms. The zero-order valence-electron chi connectivity index (χ0n) is 18.2. The van der Waals surface area contributed by atoms with Crippen LogP contribution in [0.4, 0.5) is 23.4 Å². The summed E-state index contributed by atoms with van der Waals surface area (Å²) in [4.78, 5) is 31.7. The quantitative estimate of drug-likeness (QED) is 0.544. The fourth-order valence-electron chi connectivity index (χ4n) is 3.92. The van der Waals surface area contributed by atoms with Crippen LogP contribution in [0.15, 0.2) is 42.6 Å². The molecular weight excluding hydrogens is 458 g/mol. The van der Waals surface area contributed by atoms with Gasteiger partial charge in [-0.2, -0.15) is 5.10 Å². The van der Waals surface area contributed by atoms with E-state index < -0.39 is 41.6 Å². The number of aromatic amines is 1. The number of carbonyl (C=O) groups is 2. The molecule has 1 saturated heterocycles. The van der Waals surface area contributed by atoms with Gasteiger partial charge in [-0.25, -0.2) is 9.37 Å². The third kappa shape index (κ3) is 4.80. The Morgan fingerprint density at radius 3 is 2.53 bits per heavy atom. The average molecular weight is 479 g/mol. The van der Waals surface area contributed by atoms with E-state index >= 15 is 0 Å². The number of nitrogens with zero attached hydrogens (tertiary/aromatic N) is 3. The molecule has 2 aromatic heterocycles. The van der Waals surface area contributed by atoms with Crippen LogP contribution >= 0.6 is 0 Å². The van der Waals surface area contributed by atoms with Gasteiger partial charge in [0.25, 0.3) is 0 Å². The Hall–Kier alpha value is -3.70. The number of hydrogen-bond donors (Lipinski definition) is 2. The monoisotopic (exact) mass is 479 g/mol. The number of ether oxygens (including phenoxy) is 1. The van der Waals surface area contributed by atoms with Crippen LogP contribution in [0.3, 0.4) is 0 Å². The number of halogens is 4. The normalized spacial score (nSPS) is 18.8. The largest absolute Gasteiger partial charge is 0.573 e. The number of pyridine rings is 1. The van der Waals surface area contributed by atoms with E-state index in [1.54, 1.807) is 26.0 Å². The minimum absolute atomic E-state index is 0.181. The number of fused-ring (bicyclic) bond motifs is 1. The highest BCUT2D eigenvalue weighted by Gasteiger charge is 2.45. The van der Waals surface area contributed by atoms with Crippen LogP contribution in [-0.2, 0) is 15.0 Å². The summed E-state index contributed by atoms with van der Waals surface area (Å²) in [6.07, 6.45) is -4.93. The number of H-pyrrole nitrogens is 1. The Balaban J connectivity index is 1.51. The van der Waals surface area contributed by atoms with Crippen LogP contribution in [-0.4, -0.2) is 57.0 Å². The first-order valence-electron chi connectivity index (χ1n) is 10.4. The van der Waals surface area contributed by atoms with Crippen molar-refractivity contribution >= 4 is 28.7 Å². The van der Waals surface area contributed by atoms with Gasteiger partial charge in [0, 0.05) is 6.42 Å². The van der Waals surface area contributed by atoms with Gasteiger partial charge in [-0.1, -0.05) is 12.1 Å². The molecule has 180 valence electrons. The number of hydrogen-bond acceptors (Lipinski definition) is 5. The number of alkyl halides is 4. The number of likely N-dealkylation sites (tertiary alicyclic amines) is 1. The van der Waals surface area contributed by atoms with Crippen molar-refractivity contribution in [2.24, 2.45) is 0 Å². The number of nitrogens with one attached hydrogen (secondary N) is 2. The second-order valence-corrected chi connectivity index (χ2v) is 8.49. The number of aromatic nitrogens is 3. The molecule has 0 aliphatic carbocycles. The highest BCUT2D eigenvalue weighted by Crippen LogP contribution is 2.33. The first-order chi connectivity index (χ1) is 15.9. The average Bonchev–Trinajstić information content (AvgIpc) is 3.38. The van der Waals surface area contributed by atoms with Crippen molar-refractivity contribution in [3.8, 4) is 5.75 Å². The summed E-state index contributed by atoms with van der Waals surface area (Å²) in [5, 5.41) is 9.21. The highest BCUT2D eigenvalue weighted by molar-refractivity contribution is 5.99. The molecule has 3 aromatic rings. The van der Waals surface area contributed by atoms with E-state index in [2.05, 4.69) is 25.2 Å². The maximum atomic E-state index is 14.3. The van der Waals surface area contributed by atoms with E-state index in [-0.39, 0.29) is 18.8 Å². The summed E-state index contributed by atoms with van der Waals surface area (Å²) >= 11 is 0. The van der Waals surface area contributed by atoms with Crippen LogP contribution in [0.5, 0.6) is 5.75 Å². The third-order valence-electron chi connectivity index (χ3n) is 5.71. The SMILES string of the molecule is CC(C)(C(=O)N1C[C@H](F)C[C@@H]1C(=O)Nc1ccc2[nH]ncc2n1)c1ccc(OC(F)(F)F)cc1. The lowest BCUT2D eigenvalue weighted by molar-refractivity contribution is -0.274. The molecule has 0 bridgehead atoms. The van der Waals surface area contributed by atoms with Crippen molar-refractivity contribution in [1.82, 2.24) is 20.1 Å². The molecule has 34 heavy (non-hydrogen) atoms. The summed E-state index contributed by atoms with van der Waals surface area (Å²) in [5.41, 5.74) is 0.348. The summed E-state index contributed by atoms with van der Waals surface area (Å²) < 4.78 is 55.4. The van der Waals surface area contributed by atoms with Gasteiger partial charge in [-0.05, 0) is 43.7 Å². The summed E-state index contributed by atoms with van der Waals surface area (Å²) in [6, 6.07) is 7.03. The van der Waals surface area contributed by atoms with Gasteiger partial charge >= 0.3 is 6.36 Å². The van der Waals surface area contributed by atoms with E-state index in [1.807, 2.05) is 0 Å². The number of amides is 2. The fourth-order valence-corrected chi connectivity index (χ4v) is 3.92. The number of rotatable bonds is 5. The van der Waals surface area contributed by atoms with Crippen molar-refractivity contribution in [3.05, 3.63) is 48.2 Å². The lowest BCUT2D eigenvalue weighted by Gasteiger charge is -2.32. The molecule has 0 unspecified atom stereocenters. The zero-order valence-corrected chi connectivity index (χ0v) is 18.2. The Labute approximate surface area is 191 Å². The predicted octanol–water partition coefficient (Wildman–Crippen LogP) is 3.71. The standard InChI is InChI=1S/C22H21F4N5O3/c1-21(2,12-3-5-14(6-4-12)34-22(24,25)26)20(33)31-11-13(23)9-17(31)19(32)29-18-8-7-15-16(28-18)10-27-30-15/h3-8,10,13,17H,9,11H2,1-2H3,(H,27,30)(H,28,29,32)/t13-,17-/m1/s1. The molecule has 1 fully saturated rings. The highest BCUT2D eigenvalue weighted by atomic mass is 19.4. The van der Waals surface area contributed by atoms with Gasteiger partial charge in [0.05, 0.1) is 23.7 Å². The topological polar surface area (TPSA) is 100 Å². The molecule has 2 N–H and O–H groups in total. The summed E-state index contributed by atoms with van der Waals surface area (Å²) in [7, 11) is 0. The minimum Gasteiger partial charge on any atom is -0.406 e. The van der Waals surface area contributed by atoms with Crippen molar-refractivity contribution in [2.75, 3.05) is 11.9 Å². The lowest BCUT2D eigenvalue weighted by Crippen LogP contribution is -2.49. The van der Waals surface area contributed by atoms with Crippen LogP contribution in [0, 0.1) is 0 Å². The van der Waals surface area contributed by atoms with E-state index in [1.165, 1.54) is 18.3 Å². The first-order valence-corrected chi connectivity index (χ1v) is 10.4. The van der Waals surface area contributed by atoms with Gasteiger partial charge in [-0.15, -0.1) is 13.2 Å². The van der Waals surface area contributed by atoms with Gasteiger partial charge in [-0.3, -0.25) is 14.7 Å². The van der Waals surface area contributed by atoms with Crippen molar-refractivity contribution in [3.63, 3.8) is 0 Å². The Bertz CT molecular complexity index is 1210. The summed E-state index contributed by atoms with van der Waals surface area (Å²) in [5.74, 6) is -1.32. The molecule has 2 atom stereocenters. The molecule has 0 saturated carbocycles. The third-order valence-corrected chi connectivity index (χ3v) is 5.71. The van der Waals surface area contributed by atoms with E-state index in [9.17, 15) is 27.2 Å². The number of anilines is 1. The molecule has 0 radical (unpaired) electrons.